The molecule has 3 heterocycles. The minimum Gasteiger partial charge on any atom is -0.379 e. The maximum absolute atomic E-state index is 12.8. The molecule has 3 saturated heterocycles. The zero-order valence-electron chi connectivity index (χ0n) is 27.0. The summed E-state index contributed by atoms with van der Waals surface area (Å²) in [7, 11) is 0. The van der Waals surface area contributed by atoms with Crippen LogP contribution in [0.5, 0.6) is 0 Å². The van der Waals surface area contributed by atoms with Crippen LogP contribution in [0.1, 0.15) is 91.9 Å². The quantitative estimate of drug-likeness (QED) is 0.355. The van der Waals surface area contributed by atoms with Crippen molar-refractivity contribution in [2.45, 2.75) is 110 Å². The van der Waals surface area contributed by atoms with E-state index in [4.69, 9.17) is 14.2 Å². The molecule has 11 atom stereocenters. The lowest BCUT2D eigenvalue weighted by atomic mass is 9.46. The SMILES string of the molecule is C[C@@H]1CC[C@@]2(OC1)O[C@H]1C[C@H]3[C@@H]4CC=C5CC(NC(=O)CC(=O)NCN6CCOCC6)CC[C@]5(C)[C@H]4CC[C@]3(C)[C@H]1[C@@H]2C. The molecular formula is C35H55N3O5. The second kappa shape index (κ2) is 11.4. The van der Waals surface area contributed by atoms with Gasteiger partial charge >= 0.3 is 0 Å². The molecule has 8 nitrogen and oxygen atoms in total. The number of rotatable bonds is 5. The number of hydrogen-bond acceptors (Lipinski definition) is 6. The Labute approximate surface area is 258 Å². The molecule has 3 saturated carbocycles. The molecule has 2 amide bonds. The highest BCUT2D eigenvalue weighted by Crippen LogP contribution is 2.70. The lowest BCUT2D eigenvalue weighted by Crippen LogP contribution is -2.53. The number of carbonyl (C=O) groups is 2. The molecule has 6 fully saturated rings. The number of hydrogen-bond donors (Lipinski definition) is 2. The van der Waals surface area contributed by atoms with E-state index in [1.165, 1.54) is 25.7 Å². The first-order valence-electron chi connectivity index (χ1n) is 17.5. The van der Waals surface area contributed by atoms with Crippen LogP contribution in [0.15, 0.2) is 11.6 Å². The molecule has 0 aromatic heterocycles. The molecule has 8 heteroatoms. The van der Waals surface area contributed by atoms with Crippen LogP contribution in [0.3, 0.4) is 0 Å². The maximum Gasteiger partial charge on any atom is 0.230 e. The summed E-state index contributed by atoms with van der Waals surface area (Å²) in [6.45, 7) is 14.2. The topological polar surface area (TPSA) is 89.1 Å². The van der Waals surface area contributed by atoms with E-state index >= 15 is 0 Å². The van der Waals surface area contributed by atoms with E-state index in [9.17, 15) is 9.59 Å². The first-order valence-corrected chi connectivity index (χ1v) is 17.5. The summed E-state index contributed by atoms with van der Waals surface area (Å²) in [6, 6.07) is 0.124. The van der Waals surface area contributed by atoms with Crippen LogP contribution in [-0.2, 0) is 23.8 Å². The highest BCUT2D eigenvalue weighted by atomic mass is 16.7. The number of amides is 2. The Hall–Kier alpha value is -1.48. The smallest absolute Gasteiger partial charge is 0.230 e. The molecule has 7 rings (SSSR count). The van der Waals surface area contributed by atoms with Gasteiger partial charge in [0.15, 0.2) is 5.79 Å². The molecule has 3 aliphatic heterocycles. The number of fused-ring (bicyclic) bond motifs is 7. The monoisotopic (exact) mass is 597 g/mol. The number of ether oxygens (including phenoxy) is 3. The summed E-state index contributed by atoms with van der Waals surface area (Å²) in [4.78, 5) is 27.4. The zero-order chi connectivity index (χ0) is 30.0. The summed E-state index contributed by atoms with van der Waals surface area (Å²) < 4.78 is 18.8. The van der Waals surface area contributed by atoms with Crippen molar-refractivity contribution in [2.24, 2.45) is 46.3 Å². The Morgan fingerprint density at radius 1 is 1.02 bits per heavy atom. The van der Waals surface area contributed by atoms with Crippen molar-refractivity contribution in [3.05, 3.63) is 11.6 Å². The number of allylic oxidation sites excluding steroid dienone is 1. The van der Waals surface area contributed by atoms with Crippen molar-refractivity contribution in [3.8, 4) is 0 Å². The highest BCUT2D eigenvalue weighted by Gasteiger charge is 2.68. The molecule has 1 spiro atoms. The van der Waals surface area contributed by atoms with Gasteiger partial charge < -0.3 is 24.8 Å². The lowest BCUT2D eigenvalue weighted by Gasteiger charge is -2.58. The van der Waals surface area contributed by atoms with E-state index in [-0.39, 0.29) is 35.5 Å². The van der Waals surface area contributed by atoms with Crippen LogP contribution in [-0.4, -0.2) is 74.2 Å². The van der Waals surface area contributed by atoms with Crippen molar-refractivity contribution in [2.75, 3.05) is 39.6 Å². The molecule has 0 aromatic carbocycles. The fourth-order valence-electron chi connectivity index (χ4n) is 11.2. The second-order valence-electron chi connectivity index (χ2n) is 15.9. The fraction of sp³-hybridized carbons (Fsp3) is 0.886. The van der Waals surface area contributed by atoms with Crippen LogP contribution in [0, 0.1) is 46.3 Å². The Morgan fingerprint density at radius 2 is 1.84 bits per heavy atom. The number of carbonyl (C=O) groups excluding carboxylic acids is 2. The van der Waals surface area contributed by atoms with Crippen LogP contribution in [0.25, 0.3) is 0 Å². The molecule has 43 heavy (non-hydrogen) atoms. The third-order valence-corrected chi connectivity index (χ3v) is 13.7. The molecule has 0 aromatic rings. The largest absolute Gasteiger partial charge is 0.379 e. The zero-order valence-corrected chi connectivity index (χ0v) is 27.0. The summed E-state index contributed by atoms with van der Waals surface area (Å²) in [5.74, 6) is 3.14. The van der Waals surface area contributed by atoms with Gasteiger partial charge in [-0.2, -0.15) is 0 Å². The van der Waals surface area contributed by atoms with Crippen LogP contribution < -0.4 is 10.6 Å². The van der Waals surface area contributed by atoms with Crippen molar-refractivity contribution < 1.29 is 23.8 Å². The minimum absolute atomic E-state index is 0.101. The van der Waals surface area contributed by atoms with Gasteiger partial charge in [0.1, 0.15) is 6.42 Å². The third-order valence-electron chi connectivity index (χ3n) is 13.7. The predicted molar refractivity (Wildman–Crippen MR) is 164 cm³/mol. The van der Waals surface area contributed by atoms with Gasteiger partial charge in [0.25, 0.3) is 0 Å². The number of nitrogens with one attached hydrogen (secondary N) is 2. The fourth-order valence-corrected chi connectivity index (χ4v) is 11.2. The average molecular weight is 598 g/mol. The first-order chi connectivity index (χ1) is 20.6. The third kappa shape index (κ3) is 5.20. The number of nitrogens with zero attached hydrogens (tertiary/aromatic N) is 1. The standard InChI is InChI=1S/C35H55N3O5/c1-22-7-12-35(42-20-22)23(2)32-29(43-35)18-28-26-6-5-24-17-25(8-10-33(24,3)27(26)9-11-34(28,32)4)37-31(40)19-30(39)36-21-38-13-15-41-16-14-38/h5,22-23,25-29,32H,6-21H2,1-4H3,(H,36,39)(H,37,40)/t22-,23+,25?,26-,27+,28+,29+,32+,33+,34+,35-/m1/s1. The van der Waals surface area contributed by atoms with Crippen molar-refractivity contribution in [1.82, 2.24) is 15.5 Å². The van der Waals surface area contributed by atoms with E-state index in [1.54, 1.807) is 5.57 Å². The van der Waals surface area contributed by atoms with E-state index in [0.29, 0.717) is 61.0 Å². The number of morpholine rings is 1. The van der Waals surface area contributed by atoms with Gasteiger partial charge in [-0.25, -0.2) is 0 Å². The summed E-state index contributed by atoms with van der Waals surface area (Å²) in [5, 5.41) is 6.12. The van der Waals surface area contributed by atoms with Gasteiger partial charge in [0.2, 0.25) is 11.8 Å². The summed E-state index contributed by atoms with van der Waals surface area (Å²) in [6.07, 6.45) is 13.0. The second-order valence-corrected chi connectivity index (χ2v) is 15.9. The Bertz CT molecular complexity index is 1110. The van der Waals surface area contributed by atoms with Gasteiger partial charge in [-0.05, 0) is 91.8 Å². The van der Waals surface area contributed by atoms with Crippen molar-refractivity contribution in [3.63, 3.8) is 0 Å². The molecular weight excluding hydrogens is 542 g/mol. The van der Waals surface area contributed by atoms with Gasteiger partial charge in [0.05, 0.1) is 32.6 Å². The summed E-state index contributed by atoms with van der Waals surface area (Å²) in [5.41, 5.74) is 2.10. The van der Waals surface area contributed by atoms with Gasteiger partial charge in [-0.15, -0.1) is 0 Å². The molecule has 240 valence electrons. The van der Waals surface area contributed by atoms with Crippen LogP contribution >= 0.6 is 0 Å². The van der Waals surface area contributed by atoms with Gasteiger partial charge in [0, 0.05) is 31.5 Å². The molecule has 2 N–H and O–H groups in total. The molecule has 4 aliphatic carbocycles. The van der Waals surface area contributed by atoms with E-state index in [1.807, 2.05) is 0 Å². The van der Waals surface area contributed by atoms with E-state index in [0.717, 1.165) is 57.7 Å². The summed E-state index contributed by atoms with van der Waals surface area (Å²) >= 11 is 0. The van der Waals surface area contributed by atoms with Crippen LogP contribution in [0.4, 0.5) is 0 Å². The molecule has 7 aliphatic rings. The Kier molecular flexibility index (Phi) is 8.00. The van der Waals surface area contributed by atoms with Crippen molar-refractivity contribution >= 4 is 11.8 Å². The first kappa shape index (κ1) is 30.2. The average Bonchev–Trinajstić information content (AvgIpc) is 3.44. The Morgan fingerprint density at radius 3 is 2.60 bits per heavy atom. The normalized spacial score (nSPS) is 47.6. The maximum atomic E-state index is 12.8. The molecule has 1 unspecified atom stereocenters. The van der Waals surface area contributed by atoms with Gasteiger partial charge in [-0.1, -0.05) is 39.3 Å². The van der Waals surface area contributed by atoms with E-state index < -0.39 is 0 Å². The molecule has 0 bridgehead atoms. The predicted octanol–water partition coefficient (Wildman–Crippen LogP) is 4.63. The van der Waals surface area contributed by atoms with Crippen LogP contribution in [0.2, 0.25) is 0 Å². The van der Waals surface area contributed by atoms with Crippen molar-refractivity contribution in [1.29, 1.82) is 0 Å². The van der Waals surface area contributed by atoms with Gasteiger partial charge in [-0.3, -0.25) is 14.5 Å². The van der Waals surface area contributed by atoms with E-state index in [2.05, 4.69) is 49.3 Å². The highest BCUT2D eigenvalue weighted by molar-refractivity contribution is 5.96. The lowest BCUT2D eigenvalue weighted by molar-refractivity contribution is -0.272. The minimum atomic E-state index is -0.343. The molecule has 0 radical (unpaired) electrons. The Balaban J connectivity index is 0.962.